The summed E-state index contributed by atoms with van der Waals surface area (Å²) in [4.78, 5) is 23.1. The fourth-order valence-electron chi connectivity index (χ4n) is 3.07. The van der Waals surface area contributed by atoms with E-state index in [1.807, 2.05) is 33.2 Å². The molecule has 162 valence electrons. The van der Waals surface area contributed by atoms with Crippen molar-refractivity contribution in [2.75, 3.05) is 12.4 Å². The van der Waals surface area contributed by atoms with Gasteiger partial charge in [-0.2, -0.15) is 0 Å². The third-order valence-corrected chi connectivity index (χ3v) is 6.49. The number of halogens is 2. The Kier molecular flexibility index (Phi) is 9.14. The molecule has 0 radical (unpaired) electrons. The predicted molar refractivity (Wildman–Crippen MR) is 131 cm³/mol. The second-order valence-corrected chi connectivity index (χ2v) is 9.49. The van der Waals surface area contributed by atoms with E-state index in [2.05, 4.69) is 21.2 Å². The highest BCUT2D eigenvalue weighted by atomic mass is 127. The zero-order valence-corrected chi connectivity index (χ0v) is 19.8. The summed E-state index contributed by atoms with van der Waals surface area (Å²) in [5, 5.41) is 1.80. The van der Waals surface area contributed by atoms with Crippen LogP contribution in [-0.2, 0) is 0 Å². The van der Waals surface area contributed by atoms with Gasteiger partial charge in [-0.05, 0) is 87.3 Å². The van der Waals surface area contributed by atoms with Crippen molar-refractivity contribution < 1.29 is 23.5 Å². The molecule has 3 aromatic rings. The van der Waals surface area contributed by atoms with E-state index in [-0.39, 0.29) is 11.3 Å². The van der Waals surface area contributed by atoms with Crippen LogP contribution in [0.2, 0.25) is 0 Å². The third kappa shape index (κ3) is 6.93. The molecule has 0 amide bonds. The number of ether oxygens (including phenoxy) is 2. The highest BCUT2D eigenvalue weighted by molar-refractivity contribution is 14.2. The maximum absolute atomic E-state index is 14.0. The lowest BCUT2D eigenvalue weighted by atomic mass is 10.1. The number of carbonyl (C=O) groups is 2. The highest BCUT2D eigenvalue weighted by Crippen LogP contribution is 2.24. The number of hydrogen-bond acceptors (Lipinski definition) is 5. The van der Waals surface area contributed by atoms with Crippen molar-refractivity contribution >= 4 is 53.2 Å². The van der Waals surface area contributed by atoms with E-state index in [0.717, 1.165) is 35.4 Å². The zero-order valence-electron chi connectivity index (χ0n) is 16.8. The second kappa shape index (κ2) is 12.0. The topological polar surface area (TPSA) is 52.6 Å². The number of carbonyl (C=O) groups excluding carboxylic acids is 2. The van der Waals surface area contributed by atoms with Gasteiger partial charge in [0, 0.05) is 11.3 Å². The lowest BCUT2D eigenvalue weighted by Gasteiger charge is -2.09. The summed E-state index contributed by atoms with van der Waals surface area (Å²) in [6.45, 7) is 0.682. The minimum absolute atomic E-state index is 0.177. The Labute approximate surface area is 197 Å². The van der Waals surface area contributed by atoms with Gasteiger partial charge in [0.1, 0.15) is 12.0 Å². The summed E-state index contributed by atoms with van der Waals surface area (Å²) in [7, 11) is 1.85. The molecule has 0 saturated carbocycles. The Balaban J connectivity index is 1.59. The van der Waals surface area contributed by atoms with Gasteiger partial charge in [0.2, 0.25) is 0 Å². The van der Waals surface area contributed by atoms with Gasteiger partial charge in [0.25, 0.3) is 0 Å². The summed E-state index contributed by atoms with van der Waals surface area (Å²) < 4.78 is 25.0. The number of rotatable bonds is 11. The van der Waals surface area contributed by atoms with E-state index in [0.29, 0.717) is 18.5 Å². The highest BCUT2D eigenvalue weighted by Gasteiger charge is 2.13. The van der Waals surface area contributed by atoms with E-state index in [4.69, 9.17) is 9.47 Å². The molecule has 0 unspecified atom stereocenters. The first kappa shape index (κ1) is 23.5. The fourth-order valence-corrected chi connectivity index (χ4v) is 4.32. The normalized spacial score (nSPS) is 10.8. The quantitative estimate of drug-likeness (QED) is 0.0841. The Morgan fingerprint density at radius 3 is 2.52 bits per heavy atom. The average molecular weight is 552 g/mol. The van der Waals surface area contributed by atoms with Crippen LogP contribution in [0.4, 0.5) is 4.39 Å². The van der Waals surface area contributed by atoms with Crippen molar-refractivity contribution in [2.24, 2.45) is 0 Å². The molecule has 0 fully saturated rings. The molecule has 0 aliphatic carbocycles. The molecular weight excluding hydrogens is 530 g/mol. The van der Waals surface area contributed by atoms with Crippen LogP contribution in [0.15, 0.2) is 54.6 Å². The summed E-state index contributed by atoms with van der Waals surface area (Å²) in [5.74, 6) is 0.351. The van der Waals surface area contributed by atoms with Gasteiger partial charge in [-0.1, -0.05) is 33.9 Å². The average Bonchev–Trinajstić information content (AvgIpc) is 2.79. The number of fused-ring (bicyclic) bond motifs is 1. The van der Waals surface area contributed by atoms with E-state index < -0.39 is 11.8 Å². The fraction of sp³-hybridized carbons (Fsp3) is 0.250. The van der Waals surface area contributed by atoms with Crippen molar-refractivity contribution in [2.45, 2.75) is 25.7 Å². The van der Waals surface area contributed by atoms with Crippen LogP contribution in [0.3, 0.4) is 0 Å². The summed E-state index contributed by atoms with van der Waals surface area (Å²) in [6.07, 6.45) is 5.18. The number of hydrogen-bond donors (Lipinski definition) is 0. The molecular formula is C24H22FIO4S. The molecule has 0 saturated heterocycles. The molecule has 3 aromatic carbocycles. The number of esters is 1. The van der Waals surface area contributed by atoms with Gasteiger partial charge in [0.05, 0.1) is 12.2 Å². The van der Waals surface area contributed by atoms with Crippen molar-refractivity contribution in [1.82, 2.24) is 0 Å². The SMILES string of the molecule is O=Cc1ccc(OC(=O)c2ccc3cc(OCCCCCCSI)ccc3c2)c(F)c1. The standard InChI is InChI=1S/C24H22FIO4S/c25-22-13-17(16-27)5-10-23(22)30-24(28)20-7-6-19-15-21(9-8-18(19)14-20)29-11-3-1-2-4-12-31-26/h5-10,13-16H,1-4,11-12H2. The first-order valence-corrected chi connectivity index (χ1v) is 13.5. The number of benzene rings is 3. The van der Waals surface area contributed by atoms with Crippen LogP contribution in [-0.4, -0.2) is 24.6 Å². The third-order valence-electron chi connectivity index (χ3n) is 4.73. The van der Waals surface area contributed by atoms with Gasteiger partial charge < -0.3 is 9.47 Å². The molecule has 3 rings (SSSR count). The summed E-state index contributed by atoms with van der Waals surface area (Å²) in [5.41, 5.74) is 0.487. The van der Waals surface area contributed by atoms with Gasteiger partial charge >= 0.3 is 5.97 Å². The Hall–Kier alpha value is -2.13. The van der Waals surface area contributed by atoms with Crippen LogP contribution >= 0.6 is 30.1 Å². The zero-order chi connectivity index (χ0) is 22.1. The number of unbranched alkanes of at least 4 members (excludes halogenated alkanes) is 3. The van der Waals surface area contributed by atoms with Crippen molar-refractivity contribution in [3.63, 3.8) is 0 Å². The summed E-state index contributed by atoms with van der Waals surface area (Å²) in [6, 6.07) is 14.5. The monoisotopic (exact) mass is 552 g/mol. The second-order valence-electron chi connectivity index (χ2n) is 7.00. The van der Waals surface area contributed by atoms with Crippen molar-refractivity contribution in [3.8, 4) is 11.5 Å². The summed E-state index contributed by atoms with van der Waals surface area (Å²) >= 11 is 2.32. The molecule has 7 heteroatoms. The van der Waals surface area contributed by atoms with Crippen LogP contribution in [0, 0.1) is 5.82 Å². The van der Waals surface area contributed by atoms with E-state index in [1.54, 1.807) is 12.1 Å². The van der Waals surface area contributed by atoms with Gasteiger partial charge in [-0.3, -0.25) is 4.79 Å². The molecule has 31 heavy (non-hydrogen) atoms. The molecule has 0 atom stereocenters. The molecule has 0 aromatic heterocycles. The lowest BCUT2D eigenvalue weighted by molar-refractivity contribution is 0.0728. The smallest absolute Gasteiger partial charge is 0.343 e. The van der Waals surface area contributed by atoms with Gasteiger partial charge in [0.15, 0.2) is 11.6 Å². The van der Waals surface area contributed by atoms with Crippen LogP contribution in [0.5, 0.6) is 11.5 Å². The van der Waals surface area contributed by atoms with Crippen molar-refractivity contribution in [3.05, 3.63) is 71.5 Å². The van der Waals surface area contributed by atoms with Crippen LogP contribution in [0.1, 0.15) is 46.4 Å². The minimum Gasteiger partial charge on any atom is -0.494 e. The largest absolute Gasteiger partial charge is 0.494 e. The Bertz CT molecular complexity index is 1060. The Morgan fingerprint density at radius 1 is 0.968 bits per heavy atom. The molecule has 0 aliphatic heterocycles. The van der Waals surface area contributed by atoms with E-state index in [9.17, 15) is 14.0 Å². The molecule has 0 aliphatic rings. The molecule has 0 spiro atoms. The first-order valence-electron chi connectivity index (χ1n) is 9.98. The van der Waals surface area contributed by atoms with Crippen LogP contribution in [0.25, 0.3) is 10.8 Å². The van der Waals surface area contributed by atoms with Crippen LogP contribution < -0.4 is 9.47 Å². The molecule has 0 N–H and O–H groups in total. The van der Waals surface area contributed by atoms with E-state index in [1.165, 1.54) is 30.7 Å². The number of aldehydes is 1. The predicted octanol–water partition coefficient (Wildman–Crippen LogP) is 7.03. The molecule has 4 nitrogen and oxygen atoms in total. The van der Waals surface area contributed by atoms with Crippen molar-refractivity contribution in [1.29, 1.82) is 0 Å². The Morgan fingerprint density at radius 2 is 1.74 bits per heavy atom. The van der Waals surface area contributed by atoms with E-state index >= 15 is 0 Å². The minimum atomic E-state index is -0.760. The van der Waals surface area contributed by atoms with Gasteiger partial charge in [-0.15, -0.1) is 0 Å². The molecule has 0 bridgehead atoms. The lowest BCUT2D eigenvalue weighted by Crippen LogP contribution is -2.09. The molecule has 0 heterocycles. The maximum Gasteiger partial charge on any atom is 0.343 e. The first-order chi connectivity index (χ1) is 15.1. The maximum atomic E-state index is 14.0. The van der Waals surface area contributed by atoms with Gasteiger partial charge in [-0.25, -0.2) is 9.18 Å².